The van der Waals surface area contributed by atoms with Crippen molar-refractivity contribution >= 4 is 16.9 Å². The van der Waals surface area contributed by atoms with Gasteiger partial charge in [-0.3, -0.25) is 0 Å². The standard InChI is InChI=1S/C22H26N4O3/c1-25-8-7-16-21(25)23-13-24-22(16)26-11-14-9-17(27)20(10-15(14)12-26)29-19-6-4-3-5-18(19)28-2/h3-8,13-15,17,20,27H,9-12H2,1-2H3/t14-,15+,17+,20+/m0/s1. The number of anilines is 1. The Morgan fingerprint density at radius 3 is 2.59 bits per heavy atom. The third-order valence-corrected chi connectivity index (χ3v) is 6.37. The zero-order chi connectivity index (χ0) is 20.0. The van der Waals surface area contributed by atoms with Crippen molar-refractivity contribution < 1.29 is 14.6 Å². The Hall–Kier alpha value is -2.80. The maximum Gasteiger partial charge on any atom is 0.161 e. The zero-order valence-electron chi connectivity index (χ0n) is 16.7. The molecule has 3 aromatic rings. The summed E-state index contributed by atoms with van der Waals surface area (Å²) in [6.07, 6.45) is 4.51. The second-order valence-electron chi connectivity index (χ2n) is 8.13. The number of aromatic nitrogens is 3. The normalized spacial score (nSPS) is 26.5. The van der Waals surface area contributed by atoms with Crippen LogP contribution < -0.4 is 14.4 Å². The number of ether oxygens (including phenoxy) is 2. The first kappa shape index (κ1) is 18.2. The van der Waals surface area contributed by atoms with E-state index in [1.165, 1.54) is 0 Å². The fourth-order valence-corrected chi connectivity index (χ4v) is 4.89. The average Bonchev–Trinajstić information content (AvgIpc) is 3.32. The summed E-state index contributed by atoms with van der Waals surface area (Å²) in [5, 5.41) is 11.8. The topological polar surface area (TPSA) is 72.6 Å². The van der Waals surface area contributed by atoms with E-state index in [9.17, 15) is 5.11 Å². The van der Waals surface area contributed by atoms with E-state index in [0.717, 1.165) is 42.8 Å². The third kappa shape index (κ3) is 3.19. The van der Waals surface area contributed by atoms with Gasteiger partial charge in [0.05, 0.1) is 18.6 Å². The third-order valence-electron chi connectivity index (χ3n) is 6.37. The van der Waals surface area contributed by atoms with Gasteiger partial charge < -0.3 is 24.0 Å². The highest BCUT2D eigenvalue weighted by Gasteiger charge is 2.43. The molecule has 0 unspecified atom stereocenters. The predicted molar refractivity (Wildman–Crippen MR) is 110 cm³/mol. The van der Waals surface area contributed by atoms with E-state index in [-0.39, 0.29) is 6.10 Å². The molecule has 2 aliphatic rings. The summed E-state index contributed by atoms with van der Waals surface area (Å²) in [4.78, 5) is 11.3. The molecule has 2 aromatic heterocycles. The molecule has 29 heavy (non-hydrogen) atoms. The van der Waals surface area contributed by atoms with Crippen LogP contribution in [0.3, 0.4) is 0 Å². The van der Waals surface area contributed by atoms with Crippen molar-refractivity contribution in [2.45, 2.75) is 25.0 Å². The SMILES string of the molecule is COc1ccccc1O[C@@H]1C[C@@H]2CN(c3ncnc4c3ccn4C)C[C@@H]2C[C@H]1O. The van der Waals surface area contributed by atoms with Gasteiger partial charge in [-0.15, -0.1) is 0 Å². The van der Waals surface area contributed by atoms with Gasteiger partial charge in [0.25, 0.3) is 0 Å². The molecule has 3 heterocycles. The summed E-state index contributed by atoms with van der Waals surface area (Å²) >= 11 is 0. The van der Waals surface area contributed by atoms with E-state index < -0.39 is 6.10 Å². The maximum atomic E-state index is 10.8. The molecule has 152 valence electrons. The van der Waals surface area contributed by atoms with E-state index in [0.29, 0.717) is 23.3 Å². The molecule has 7 nitrogen and oxygen atoms in total. The Morgan fingerprint density at radius 1 is 1.03 bits per heavy atom. The zero-order valence-corrected chi connectivity index (χ0v) is 16.7. The summed E-state index contributed by atoms with van der Waals surface area (Å²) in [7, 11) is 3.63. The van der Waals surface area contributed by atoms with Gasteiger partial charge in [-0.2, -0.15) is 0 Å². The van der Waals surface area contributed by atoms with Crippen molar-refractivity contribution in [2.24, 2.45) is 18.9 Å². The number of aryl methyl sites for hydroxylation is 1. The van der Waals surface area contributed by atoms with Gasteiger partial charge in [-0.25, -0.2) is 9.97 Å². The first-order valence-corrected chi connectivity index (χ1v) is 10.1. The van der Waals surface area contributed by atoms with Crippen LogP contribution >= 0.6 is 0 Å². The molecule has 1 saturated carbocycles. The van der Waals surface area contributed by atoms with Crippen molar-refractivity contribution in [3.8, 4) is 11.5 Å². The van der Waals surface area contributed by atoms with Crippen LogP contribution in [0, 0.1) is 11.8 Å². The minimum absolute atomic E-state index is 0.227. The highest BCUT2D eigenvalue weighted by atomic mass is 16.5. The molecule has 1 N–H and O–H groups in total. The van der Waals surface area contributed by atoms with E-state index >= 15 is 0 Å². The second-order valence-corrected chi connectivity index (χ2v) is 8.13. The lowest BCUT2D eigenvalue weighted by atomic mass is 9.78. The number of rotatable bonds is 4. The molecule has 1 aliphatic heterocycles. The molecule has 1 aliphatic carbocycles. The molecule has 1 saturated heterocycles. The van der Waals surface area contributed by atoms with Crippen LogP contribution in [0.5, 0.6) is 11.5 Å². The molecule has 7 heteroatoms. The molecule has 4 atom stereocenters. The molecule has 2 fully saturated rings. The van der Waals surface area contributed by atoms with E-state index in [2.05, 4.69) is 20.9 Å². The molecule has 1 aromatic carbocycles. The van der Waals surface area contributed by atoms with Crippen LogP contribution in [0.15, 0.2) is 42.9 Å². The minimum atomic E-state index is -0.483. The molecule has 5 rings (SSSR count). The summed E-state index contributed by atoms with van der Waals surface area (Å²) < 4.78 is 13.6. The highest BCUT2D eigenvalue weighted by molar-refractivity contribution is 5.87. The van der Waals surface area contributed by atoms with Crippen LogP contribution in [0.1, 0.15) is 12.8 Å². The average molecular weight is 394 g/mol. The summed E-state index contributed by atoms with van der Waals surface area (Å²) in [6, 6.07) is 9.69. The van der Waals surface area contributed by atoms with Crippen molar-refractivity contribution in [3.05, 3.63) is 42.9 Å². The number of fused-ring (bicyclic) bond motifs is 2. The molecule has 0 amide bonds. The molecular weight excluding hydrogens is 368 g/mol. The lowest BCUT2D eigenvalue weighted by molar-refractivity contribution is -0.0240. The van der Waals surface area contributed by atoms with Crippen LogP contribution in [0.4, 0.5) is 5.82 Å². The van der Waals surface area contributed by atoms with Crippen LogP contribution in [0.25, 0.3) is 11.0 Å². The largest absolute Gasteiger partial charge is 0.493 e. The van der Waals surface area contributed by atoms with Crippen molar-refractivity contribution in [1.29, 1.82) is 0 Å². The second kappa shape index (κ2) is 7.22. The van der Waals surface area contributed by atoms with Gasteiger partial charge in [0, 0.05) is 26.3 Å². The van der Waals surface area contributed by atoms with Gasteiger partial charge in [0.15, 0.2) is 11.5 Å². The Bertz CT molecular complexity index is 1020. The number of aliphatic hydroxyl groups is 1. The summed E-state index contributed by atoms with van der Waals surface area (Å²) in [5.41, 5.74) is 0.947. The quantitative estimate of drug-likeness (QED) is 0.733. The lowest BCUT2D eigenvalue weighted by Crippen LogP contribution is -2.42. The van der Waals surface area contributed by atoms with Gasteiger partial charge >= 0.3 is 0 Å². The number of nitrogens with zero attached hydrogens (tertiary/aromatic N) is 4. The molecule has 0 spiro atoms. The van der Waals surface area contributed by atoms with E-state index in [1.54, 1.807) is 13.4 Å². The summed E-state index contributed by atoms with van der Waals surface area (Å²) in [6.45, 7) is 1.83. The monoisotopic (exact) mass is 394 g/mol. The van der Waals surface area contributed by atoms with Gasteiger partial charge in [0.2, 0.25) is 0 Å². The smallest absolute Gasteiger partial charge is 0.161 e. The van der Waals surface area contributed by atoms with Crippen molar-refractivity contribution in [2.75, 3.05) is 25.1 Å². The lowest BCUT2D eigenvalue weighted by Gasteiger charge is -2.35. The van der Waals surface area contributed by atoms with Crippen LogP contribution in [0.2, 0.25) is 0 Å². The number of hydrogen-bond donors (Lipinski definition) is 1. The molecular formula is C22H26N4O3. The first-order chi connectivity index (χ1) is 14.1. The highest BCUT2D eigenvalue weighted by Crippen LogP contribution is 2.41. The van der Waals surface area contributed by atoms with Crippen LogP contribution in [-0.2, 0) is 7.05 Å². The van der Waals surface area contributed by atoms with Gasteiger partial charge in [0.1, 0.15) is 23.9 Å². The van der Waals surface area contributed by atoms with Gasteiger partial charge in [-0.05, 0) is 42.9 Å². The Morgan fingerprint density at radius 2 is 1.79 bits per heavy atom. The predicted octanol–water partition coefficient (Wildman–Crippen LogP) is 2.63. The maximum absolute atomic E-state index is 10.8. The molecule has 0 radical (unpaired) electrons. The Labute approximate surface area is 169 Å². The van der Waals surface area contributed by atoms with E-state index in [4.69, 9.17) is 9.47 Å². The first-order valence-electron chi connectivity index (χ1n) is 10.1. The number of hydrogen-bond acceptors (Lipinski definition) is 6. The van der Waals surface area contributed by atoms with Gasteiger partial charge in [-0.1, -0.05) is 12.1 Å². The number of methoxy groups -OCH3 is 1. The number of benzene rings is 1. The summed E-state index contributed by atoms with van der Waals surface area (Å²) in [5.74, 6) is 3.28. The number of aliphatic hydroxyl groups excluding tert-OH is 1. The number of para-hydroxylation sites is 2. The van der Waals surface area contributed by atoms with Crippen LogP contribution in [-0.4, -0.2) is 52.0 Å². The Balaban J connectivity index is 1.34. The Kier molecular flexibility index (Phi) is 4.54. The fraction of sp³-hybridized carbons (Fsp3) is 0.455. The minimum Gasteiger partial charge on any atom is -0.493 e. The van der Waals surface area contributed by atoms with E-state index in [1.807, 2.05) is 42.1 Å². The molecule has 0 bridgehead atoms. The fourth-order valence-electron chi connectivity index (χ4n) is 4.89. The van der Waals surface area contributed by atoms with Crippen molar-refractivity contribution in [3.63, 3.8) is 0 Å². The van der Waals surface area contributed by atoms with Crippen molar-refractivity contribution in [1.82, 2.24) is 14.5 Å².